The molecule has 0 unspecified atom stereocenters. The molecule has 0 radical (unpaired) electrons. The molecule has 0 atom stereocenters. The fourth-order valence-corrected chi connectivity index (χ4v) is 1.71. The summed E-state index contributed by atoms with van der Waals surface area (Å²) in [6.07, 6.45) is 0. The number of hydrogen-bond donors (Lipinski definition) is 2. The summed E-state index contributed by atoms with van der Waals surface area (Å²) in [6, 6.07) is 3.11. The van der Waals surface area contributed by atoms with Crippen LogP contribution in [0, 0.1) is 0 Å². The van der Waals surface area contributed by atoms with Gasteiger partial charge in [0, 0.05) is 0 Å². The molecule has 2 N–H and O–H groups in total. The predicted octanol–water partition coefficient (Wildman–Crippen LogP) is -0.340. The summed E-state index contributed by atoms with van der Waals surface area (Å²) in [4.78, 5) is -0.940. The SMILES string of the molecule is O=S(=O)(c1ccc(B(O)O)cc1)C(F)(F)F. The summed E-state index contributed by atoms with van der Waals surface area (Å²) in [6.45, 7) is 0. The van der Waals surface area contributed by atoms with Gasteiger partial charge in [-0.3, -0.25) is 0 Å². The zero-order chi connectivity index (χ0) is 12.6. The molecular weight excluding hydrogens is 248 g/mol. The summed E-state index contributed by atoms with van der Waals surface area (Å²) < 4.78 is 58.0. The maximum absolute atomic E-state index is 12.1. The lowest BCUT2D eigenvalue weighted by Gasteiger charge is -2.08. The van der Waals surface area contributed by atoms with Crippen molar-refractivity contribution in [2.45, 2.75) is 10.4 Å². The molecule has 0 saturated carbocycles. The van der Waals surface area contributed by atoms with Gasteiger partial charge in [0.25, 0.3) is 9.84 Å². The van der Waals surface area contributed by atoms with E-state index in [4.69, 9.17) is 10.0 Å². The molecule has 0 bridgehead atoms. The summed E-state index contributed by atoms with van der Waals surface area (Å²) in [5.41, 5.74) is -5.46. The van der Waals surface area contributed by atoms with E-state index < -0.39 is 27.4 Å². The maximum atomic E-state index is 12.1. The minimum Gasteiger partial charge on any atom is -0.423 e. The smallest absolute Gasteiger partial charge is 0.423 e. The zero-order valence-corrected chi connectivity index (χ0v) is 8.46. The summed E-state index contributed by atoms with van der Waals surface area (Å²) in [5.74, 6) is 0. The zero-order valence-electron chi connectivity index (χ0n) is 7.64. The number of halogens is 3. The second-order valence-electron chi connectivity index (χ2n) is 2.89. The van der Waals surface area contributed by atoms with Crippen LogP contribution in [-0.2, 0) is 9.84 Å². The van der Waals surface area contributed by atoms with E-state index in [9.17, 15) is 21.6 Å². The molecule has 4 nitrogen and oxygen atoms in total. The van der Waals surface area contributed by atoms with E-state index in [1.807, 2.05) is 0 Å². The first-order valence-electron chi connectivity index (χ1n) is 3.93. The van der Waals surface area contributed by atoms with E-state index in [1.54, 1.807) is 0 Å². The molecule has 0 aromatic heterocycles. The Kier molecular flexibility index (Phi) is 3.31. The number of sulfone groups is 1. The first-order chi connectivity index (χ1) is 7.16. The highest BCUT2D eigenvalue weighted by molar-refractivity contribution is 7.92. The van der Waals surface area contributed by atoms with Crippen LogP contribution < -0.4 is 5.46 Å². The van der Waals surface area contributed by atoms with Crippen LogP contribution in [0.3, 0.4) is 0 Å². The first kappa shape index (κ1) is 13.0. The fourth-order valence-electron chi connectivity index (χ4n) is 0.953. The largest absolute Gasteiger partial charge is 0.501 e. The Bertz CT molecular complexity index is 465. The van der Waals surface area contributed by atoms with Crippen LogP contribution in [0.15, 0.2) is 29.2 Å². The van der Waals surface area contributed by atoms with Gasteiger partial charge in [-0.05, 0) is 17.6 Å². The van der Waals surface area contributed by atoms with Crippen molar-refractivity contribution in [1.29, 1.82) is 0 Å². The molecule has 0 aliphatic carbocycles. The summed E-state index contributed by atoms with van der Waals surface area (Å²) >= 11 is 0. The van der Waals surface area contributed by atoms with Crippen molar-refractivity contribution in [3.8, 4) is 0 Å². The summed E-state index contributed by atoms with van der Waals surface area (Å²) in [5, 5.41) is 17.3. The lowest BCUT2D eigenvalue weighted by Crippen LogP contribution is -2.30. The average Bonchev–Trinajstić information content (AvgIpc) is 2.16. The van der Waals surface area contributed by atoms with Crippen molar-refractivity contribution in [2.24, 2.45) is 0 Å². The van der Waals surface area contributed by atoms with E-state index in [0.717, 1.165) is 12.1 Å². The van der Waals surface area contributed by atoms with E-state index in [1.165, 1.54) is 0 Å². The molecule has 16 heavy (non-hydrogen) atoms. The quantitative estimate of drug-likeness (QED) is 0.708. The number of benzene rings is 1. The van der Waals surface area contributed by atoms with Gasteiger partial charge in [-0.25, -0.2) is 8.42 Å². The number of rotatable bonds is 2. The van der Waals surface area contributed by atoms with Gasteiger partial charge in [-0.2, -0.15) is 13.2 Å². The third-order valence-corrected chi connectivity index (χ3v) is 3.30. The third kappa shape index (κ3) is 2.37. The minimum atomic E-state index is -5.38. The number of alkyl halides is 3. The fraction of sp³-hybridized carbons (Fsp3) is 0.143. The lowest BCUT2D eigenvalue weighted by atomic mass is 9.81. The van der Waals surface area contributed by atoms with Crippen LogP contribution in [-0.4, -0.2) is 31.1 Å². The Hall–Kier alpha value is -1.06. The molecule has 0 fully saturated rings. The molecule has 1 aromatic rings. The highest BCUT2D eigenvalue weighted by Gasteiger charge is 2.46. The van der Waals surface area contributed by atoms with Crippen molar-refractivity contribution >= 4 is 22.4 Å². The third-order valence-electron chi connectivity index (χ3n) is 1.79. The van der Waals surface area contributed by atoms with Crippen molar-refractivity contribution < 1.29 is 31.6 Å². The molecule has 1 aromatic carbocycles. The first-order valence-corrected chi connectivity index (χ1v) is 5.42. The van der Waals surface area contributed by atoms with Gasteiger partial charge >= 0.3 is 12.6 Å². The van der Waals surface area contributed by atoms with E-state index >= 15 is 0 Å². The normalized spacial score (nSPS) is 12.6. The predicted molar refractivity (Wildman–Crippen MR) is 49.5 cm³/mol. The molecule has 0 spiro atoms. The monoisotopic (exact) mass is 254 g/mol. The van der Waals surface area contributed by atoms with Gasteiger partial charge in [0.2, 0.25) is 0 Å². The molecule has 1 rings (SSSR count). The Morgan fingerprint density at radius 1 is 1.06 bits per heavy atom. The van der Waals surface area contributed by atoms with E-state index in [2.05, 4.69) is 0 Å². The van der Waals surface area contributed by atoms with E-state index in [0.29, 0.717) is 12.1 Å². The van der Waals surface area contributed by atoms with Crippen molar-refractivity contribution in [2.75, 3.05) is 0 Å². The highest BCUT2D eigenvalue weighted by atomic mass is 32.2. The summed E-state index contributed by atoms with van der Waals surface area (Å²) in [7, 11) is -7.24. The Morgan fingerprint density at radius 2 is 1.50 bits per heavy atom. The van der Waals surface area contributed by atoms with Crippen molar-refractivity contribution in [3.05, 3.63) is 24.3 Å². The van der Waals surface area contributed by atoms with Gasteiger partial charge < -0.3 is 10.0 Å². The van der Waals surface area contributed by atoms with Crippen LogP contribution in [0.4, 0.5) is 13.2 Å². The van der Waals surface area contributed by atoms with Crippen molar-refractivity contribution in [3.63, 3.8) is 0 Å². The minimum absolute atomic E-state index is 0.0962. The van der Waals surface area contributed by atoms with Crippen LogP contribution in [0.5, 0.6) is 0 Å². The molecule has 0 saturated heterocycles. The molecule has 0 aliphatic rings. The van der Waals surface area contributed by atoms with Gasteiger partial charge in [0.05, 0.1) is 4.90 Å². The van der Waals surface area contributed by atoms with Gasteiger partial charge in [0.15, 0.2) is 0 Å². The highest BCUT2D eigenvalue weighted by Crippen LogP contribution is 2.29. The molecule has 88 valence electrons. The topological polar surface area (TPSA) is 74.6 Å². The molecule has 9 heteroatoms. The van der Waals surface area contributed by atoms with Crippen LogP contribution in [0.25, 0.3) is 0 Å². The maximum Gasteiger partial charge on any atom is 0.501 e. The average molecular weight is 254 g/mol. The molecule has 0 aliphatic heterocycles. The van der Waals surface area contributed by atoms with Crippen LogP contribution >= 0.6 is 0 Å². The van der Waals surface area contributed by atoms with E-state index in [-0.39, 0.29) is 5.46 Å². The Labute approximate surface area is 89.4 Å². The van der Waals surface area contributed by atoms with Gasteiger partial charge in [0.1, 0.15) is 0 Å². The van der Waals surface area contributed by atoms with Gasteiger partial charge in [-0.1, -0.05) is 12.1 Å². The molecular formula is C7H6BF3O4S. The lowest BCUT2D eigenvalue weighted by molar-refractivity contribution is -0.0436. The Balaban J connectivity index is 3.18. The van der Waals surface area contributed by atoms with Crippen LogP contribution in [0.1, 0.15) is 0 Å². The van der Waals surface area contributed by atoms with Gasteiger partial charge in [-0.15, -0.1) is 0 Å². The standard InChI is InChI=1S/C7H6BF3O4S/c9-7(10,11)16(14,15)6-3-1-5(2-4-6)8(12)13/h1-4,12-13H. The van der Waals surface area contributed by atoms with Crippen molar-refractivity contribution in [1.82, 2.24) is 0 Å². The number of hydrogen-bond acceptors (Lipinski definition) is 4. The van der Waals surface area contributed by atoms with Crippen LogP contribution in [0.2, 0.25) is 0 Å². The second kappa shape index (κ2) is 4.08. The molecule has 0 heterocycles. The molecule has 0 amide bonds. The Morgan fingerprint density at radius 3 is 1.81 bits per heavy atom. The second-order valence-corrected chi connectivity index (χ2v) is 4.83.